The van der Waals surface area contributed by atoms with Gasteiger partial charge in [-0.25, -0.2) is 4.68 Å². The van der Waals surface area contributed by atoms with Gasteiger partial charge in [0.05, 0.1) is 0 Å². The van der Waals surface area contributed by atoms with E-state index in [9.17, 15) is 9.59 Å². The molecule has 0 aliphatic carbocycles. The lowest BCUT2D eigenvalue weighted by Gasteiger charge is -2.26. The summed E-state index contributed by atoms with van der Waals surface area (Å²) in [6.07, 6.45) is 5.82. The fourth-order valence-electron chi connectivity index (χ4n) is 2.87. The van der Waals surface area contributed by atoms with Crippen molar-refractivity contribution in [1.82, 2.24) is 19.1 Å². The molecule has 112 valence electrons. The van der Waals surface area contributed by atoms with E-state index in [1.807, 2.05) is 24.1 Å². The van der Waals surface area contributed by atoms with Crippen LogP contribution in [0.2, 0.25) is 0 Å². The van der Waals surface area contributed by atoms with Gasteiger partial charge in [-0.15, -0.1) is 0 Å². The van der Waals surface area contributed by atoms with Crippen LogP contribution in [0.25, 0.3) is 5.52 Å². The van der Waals surface area contributed by atoms with E-state index >= 15 is 0 Å². The molecule has 1 amide bonds. The Balaban J connectivity index is 1.91. The van der Waals surface area contributed by atoms with E-state index in [-0.39, 0.29) is 18.0 Å². The van der Waals surface area contributed by atoms with Crippen molar-refractivity contribution in [3.8, 4) is 0 Å². The largest absolute Gasteiger partial charge is 0.341 e. The number of nitrogens with zero attached hydrogens (tertiary/aromatic N) is 4. The number of hydrogen-bond acceptors (Lipinski definition) is 3. The highest BCUT2D eigenvalue weighted by Crippen LogP contribution is 2.09. The molecule has 1 aliphatic heterocycles. The minimum absolute atomic E-state index is 0.0118. The summed E-state index contributed by atoms with van der Waals surface area (Å²) < 4.78 is 3.11. The molecule has 0 bridgehead atoms. The van der Waals surface area contributed by atoms with Crippen LogP contribution in [0.1, 0.15) is 32.0 Å². The second-order valence-electron chi connectivity index (χ2n) is 5.44. The number of rotatable bonds is 3. The van der Waals surface area contributed by atoms with E-state index in [1.165, 1.54) is 11.1 Å². The Morgan fingerprint density at radius 1 is 1.29 bits per heavy atom. The molecule has 0 radical (unpaired) electrons. The quantitative estimate of drug-likeness (QED) is 0.849. The smallest absolute Gasteiger partial charge is 0.291 e. The molecule has 3 rings (SSSR count). The summed E-state index contributed by atoms with van der Waals surface area (Å²) in [5, 5.41) is 4.35. The van der Waals surface area contributed by atoms with E-state index in [4.69, 9.17) is 0 Å². The van der Waals surface area contributed by atoms with Crippen LogP contribution in [0.4, 0.5) is 0 Å². The first-order chi connectivity index (χ1) is 10.2. The third kappa shape index (κ3) is 2.57. The van der Waals surface area contributed by atoms with Crippen molar-refractivity contribution in [2.24, 2.45) is 0 Å². The minimum atomic E-state index is -0.206. The maximum Gasteiger partial charge on any atom is 0.291 e. The van der Waals surface area contributed by atoms with Gasteiger partial charge in [0.25, 0.3) is 5.56 Å². The summed E-state index contributed by atoms with van der Waals surface area (Å²) in [5.41, 5.74) is 0.371. The van der Waals surface area contributed by atoms with E-state index in [2.05, 4.69) is 5.10 Å². The number of aromatic nitrogens is 3. The first-order valence-electron chi connectivity index (χ1n) is 7.55. The van der Waals surface area contributed by atoms with Crippen molar-refractivity contribution < 1.29 is 4.79 Å². The molecule has 6 heteroatoms. The molecule has 0 atom stereocenters. The summed E-state index contributed by atoms with van der Waals surface area (Å²) in [6, 6.07) is 3.60. The Bertz CT molecular complexity index is 710. The zero-order valence-electron chi connectivity index (χ0n) is 12.3. The first kappa shape index (κ1) is 13.9. The summed E-state index contributed by atoms with van der Waals surface area (Å²) in [7, 11) is 0. The molecule has 0 N–H and O–H groups in total. The SMILES string of the molecule is CCc1nn(CC(=O)N2CCCCC2)c(=O)c2cccn12. The summed E-state index contributed by atoms with van der Waals surface area (Å²) >= 11 is 0. The van der Waals surface area contributed by atoms with Crippen LogP contribution < -0.4 is 5.56 Å². The lowest BCUT2D eigenvalue weighted by Crippen LogP contribution is -2.40. The summed E-state index contributed by atoms with van der Waals surface area (Å²) in [5.74, 6) is 0.781. The van der Waals surface area contributed by atoms with E-state index < -0.39 is 0 Å². The Morgan fingerprint density at radius 2 is 2.05 bits per heavy atom. The standard InChI is InChI=1S/C15H20N4O2/c1-2-13-16-19(15(21)12-7-6-10-18(12)13)11-14(20)17-8-4-3-5-9-17/h6-7,10H,2-5,8-9,11H2,1H3. The number of carbonyl (C=O) groups is 1. The average molecular weight is 288 g/mol. The van der Waals surface area contributed by atoms with Crippen LogP contribution in [-0.2, 0) is 17.8 Å². The third-order valence-electron chi connectivity index (χ3n) is 4.03. The Kier molecular flexibility index (Phi) is 3.77. The monoisotopic (exact) mass is 288 g/mol. The summed E-state index contributed by atoms with van der Waals surface area (Å²) in [4.78, 5) is 26.5. The van der Waals surface area contributed by atoms with Gasteiger partial charge in [0, 0.05) is 25.7 Å². The molecule has 1 aliphatic rings. The van der Waals surface area contributed by atoms with Gasteiger partial charge in [0.1, 0.15) is 17.9 Å². The zero-order valence-corrected chi connectivity index (χ0v) is 12.3. The number of likely N-dealkylation sites (tertiary alicyclic amines) is 1. The second kappa shape index (κ2) is 5.71. The minimum Gasteiger partial charge on any atom is -0.341 e. The van der Waals surface area contributed by atoms with Gasteiger partial charge in [0.2, 0.25) is 5.91 Å². The second-order valence-corrected chi connectivity index (χ2v) is 5.44. The summed E-state index contributed by atoms with van der Waals surface area (Å²) in [6.45, 7) is 3.61. The maximum atomic E-state index is 12.4. The Labute approximate surface area is 123 Å². The van der Waals surface area contributed by atoms with Gasteiger partial charge in [0.15, 0.2) is 0 Å². The lowest BCUT2D eigenvalue weighted by molar-refractivity contribution is -0.133. The van der Waals surface area contributed by atoms with Gasteiger partial charge >= 0.3 is 0 Å². The van der Waals surface area contributed by atoms with Crippen LogP contribution in [-0.4, -0.2) is 38.1 Å². The van der Waals surface area contributed by atoms with Gasteiger partial charge in [-0.1, -0.05) is 6.92 Å². The van der Waals surface area contributed by atoms with Crippen molar-refractivity contribution in [1.29, 1.82) is 0 Å². The molecule has 0 saturated carbocycles. The number of amides is 1. The number of piperidine rings is 1. The molecular weight excluding hydrogens is 268 g/mol. The fraction of sp³-hybridized carbons (Fsp3) is 0.533. The zero-order chi connectivity index (χ0) is 14.8. The highest BCUT2D eigenvalue weighted by atomic mass is 16.2. The van der Waals surface area contributed by atoms with Crippen LogP contribution in [0, 0.1) is 0 Å². The van der Waals surface area contributed by atoms with Crippen molar-refractivity contribution in [2.45, 2.75) is 39.2 Å². The molecule has 1 saturated heterocycles. The molecule has 0 unspecified atom stereocenters. The van der Waals surface area contributed by atoms with E-state index in [1.54, 1.807) is 10.5 Å². The van der Waals surface area contributed by atoms with Crippen LogP contribution >= 0.6 is 0 Å². The van der Waals surface area contributed by atoms with Gasteiger partial charge in [-0.2, -0.15) is 5.10 Å². The fourth-order valence-corrected chi connectivity index (χ4v) is 2.87. The average Bonchev–Trinajstić information content (AvgIpc) is 3.01. The van der Waals surface area contributed by atoms with Crippen molar-refractivity contribution in [3.05, 3.63) is 34.5 Å². The number of hydrogen-bond donors (Lipinski definition) is 0. The molecule has 2 aromatic heterocycles. The molecule has 1 fully saturated rings. The molecule has 0 spiro atoms. The lowest BCUT2D eigenvalue weighted by atomic mass is 10.1. The van der Waals surface area contributed by atoms with Crippen LogP contribution in [0.15, 0.2) is 23.1 Å². The molecule has 2 aromatic rings. The molecule has 0 aromatic carbocycles. The molecule has 6 nitrogen and oxygen atoms in total. The van der Waals surface area contributed by atoms with E-state index in [0.29, 0.717) is 11.9 Å². The molecule has 21 heavy (non-hydrogen) atoms. The topological polar surface area (TPSA) is 59.6 Å². The predicted octanol–water partition coefficient (Wildman–Crippen LogP) is 1.07. The normalized spacial score (nSPS) is 15.6. The van der Waals surface area contributed by atoms with Crippen LogP contribution in [0.3, 0.4) is 0 Å². The number of aryl methyl sites for hydroxylation is 1. The highest BCUT2D eigenvalue weighted by molar-refractivity contribution is 5.76. The van der Waals surface area contributed by atoms with Crippen LogP contribution in [0.5, 0.6) is 0 Å². The number of carbonyl (C=O) groups excluding carboxylic acids is 1. The maximum absolute atomic E-state index is 12.4. The van der Waals surface area contributed by atoms with Crippen molar-refractivity contribution in [3.63, 3.8) is 0 Å². The molecule has 3 heterocycles. The third-order valence-corrected chi connectivity index (χ3v) is 4.03. The predicted molar refractivity (Wildman–Crippen MR) is 79.3 cm³/mol. The van der Waals surface area contributed by atoms with E-state index in [0.717, 1.165) is 31.8 Å². The molecular formula is C15H20N4O2. The van der Waals surface area contributed by atoms with Crippen molar-refractivity contribution in [2.75, 3.05) is 13.1 Å². The van der Waals surface area contributed by atoms with Crippen molar-refractivity contribution >= 4 is 11.4 Å². The Morgan fingerprint density at radius 3 is 2.76 bits per heavy atom. The van der Waals surface area contributed by atoms with Gasteiger partial charge < -0.3 is 4.90 Å². The highest BCUT2D eigenvalue weighted by Gasteiger charge is 2.18. The Hall–Kier alpha value is -2.11. The van der Waals surface area contributed by atoms with Gasteiger partial charge in [-0.05, 0) is 31.4 Å². The first-order valence-corrected chi connectivity index (χ1v) is 7.55. The number of fused-ring (bicyclic) bond motifs is 1. The van der Waals surface area contributed by atoms with Gasteiger partial charge in [-0.3, -0.25) is 14.0 Å².